The zero-order valence-electron chi connectivity index (χ0n) is 16.4. The number of piperidine rings is 1. The molecule has 142 valence electrons. The van der Waals surface area contributed by atoms with Gasteiger partial charge in [0.2, 0.25) is 0 Å². The van der Waals surface area contributed by atoms with Gasteiger partial charge in [0, 0.05) is 47.1 Å². The molecule has 5 heteroatoms. The third-order valence-electron chi connectivity index (χ3n) is 5.90. The van der Waals surface area contributed by atoms with Gasteiger partial charge in [-0.2, -0.15) is 0 Å². The fraction of sp³-hybridized carbons (Fsp3) is 0.409. The van der Waals surface area contributed by atoms with E-state index in [4.69, 9.17) is 0 Å². The lowest BCUT2D eigenvalue weighted by Gasteiger charge is -2.35. The van der Waals surface area contributed by atoms with Gasteiger partial charge in [0.25, 0.3) is 0 Å². The number of benzene rings is 2. The Kier molecular flexibility index (Phi) is 4.79. The van der Waals surface area contributed by atoms with Crippen molar-refractivity contribution in [2.24, 2.45) is 0 Å². The fourth-order valence-electron chi connectivity index (χ4n) is 4.23. The Morgan fingerprint density at radius 3 is 2.56 bits per heavy atom. The highest BCUT2D eigenvalue weighted by molar-refractivity contribution is 6.09. The standard InChI is InChI=1S/C22H28N4O/c1-4-26-20-8-6-5-7-18(20)19-15-16(9-10-21(19)26)23-22(27)25(3)17-11-13-24(2)14-12-17/h5-10,15,17H,4,11-14H2,1-3H3,(H,23,27). The lowest BCUT2D eigenvalue weighted by molar-refractivity contribution is 0.156. The first-order valence-corrected chi connectivity index (χ1v) is 9.82. The number of nitrogens with zero attached hydrogens (tertiary/aromatic N) is 3. The minimum Gasteiger partial charge on any atom is -0.341 e. The van der Waals surface area contributed by atoms with Gasteiger partial charge < -0.3 is 19.7 Å². The zero-order valence-corrected chi connectivity index (χ0v) is 16.4. The number of urea groups is 1. The predicted molar refractivity (Wildman–Crippen MR) is 112 cm³/mol. The van der Waals surface area contributed by atoms with Gasteiger partial charge in [-0.3, -0.25) is 0 Å². The van der Waals surface area contributed by atoms with Gasteiger partial charge in [-0.25, -0.2) is 4.79 Å². The van der Waals surface area contributed by atoms with Crippen LogP contribution in [0.5, 0.6) is 0 Å². The minimum absolute atomic E-state index is 0.0249. The molecule has 0 atom stereocenters. The average molecular weight is 364 g/mol. The van der Waals surface area contributed by atoms with Gasteiger partial charge in [-0.1, -0.05) is 18.2 Å². The van der Waals surface area contributed by atoms with E-state index in [0.29, 0.717) is 6.04 Å². The Hall–Kier alpha value is -2.53. The Balaban J connectivity index is 1.59. The molecule has 27 heavy (non-hydrogen) atoms. The molecular formula is C22H28N4O. The summed E-state index contributed by atoms with van der Waals surface area (Å²) in [5, 5.41) is 5.52. The van der Waals surface area contributed by atoms with Crippen molar-refractivity contribution in [1.29, 1.82) is 0 Å². The van der Waals surface area contributed by atoms with E-state index in [-0.39, 0.29) is 6.03 Å². The maximum Gasteiger partial charge on any atom is 0.321 e. The molecule has 0 spiro atoms. The van der Waals surface area contributed by atoms with Crippen molar-refractivity contribution in [3.05, 3.63) is 42.5 Å². The molecule has 0 radical (unpaired) electrons. The monoisotopic (exact) mass is 364 g/mol. The highest BCUT2D eigenvalue weighted by Crippen LogP contribution is 2.31. The van der Waals surface area contributed by atoms with Crippen molar-refractivity contribution in [3.63, 3.8) is 0 Å². The lowest BCUT2D eigenvalue weighted by Crippen LogP contribution is -2.46. The first-order valence-electron chi connectivity index (χ1n) is 9.82. The molecule has 0 unspecified atom stereocenters. The average Bonchev–Trinajstić information content (AvgIpc) is 3.01. The molecule has 5 nitrogen and oxygen atoms in total. The predicted octanol–water partition coefficient (Wildman–Crippen LogP) is 4.37. The van der Waals surface area contributed by atoms with Gasteiger partial charge in [0.05, 0.1) is 0 Å². The van der Waals surface area contributed by atoms with Crippen LogP contribution in [0.3, 0.4) is 0 Å². The van der Waals surface area contributed by atoms with Crippen LogP contribution in [0.4, 0.5) is 10.5 Å². The van der Waals surface area contributed by atoms with Crippen molar-refractivity contribution in [3.8, 4) is 0 Å². The van der Waals surface area contributed by atoms with Crippen molar-refractivity contribution in [2.45, 2.75) is 32.4 Å². The Labute approximate surface area is 160 Å². The van der Waals surface area contributed by atoms with E-state index in [1.807, 2.05) is 18.0 Å². The van der Waals surface area contributed by atoms with Crippen LogP contribution in [0.2, 0.25) is 0 Å². The highest BCUT2D eigenvalue weighted by atomic mass is 16.2. The number of hydrogen-bond donors (Lipinski definition) is 1. The van der Waals surface area contributed by atoms with Crippen LogP contribution in [0, 0.1) is 0 Å². The third kappa shape index (κ3) is 3.28. The summed E-state index contributed by atoms with van der Waals surface area (Å²) in [6, 6.07) is 15.0. The lowest BCUT2D eigenvalue weighted by atomic mass is 10.0. The van der Waals surface area contributed by atoms with E-state index in [0.717, 1.165) is 38.2 Å². The second-order valence-corrected chi connectivity index (χ2v) is 7.57. The molecule has 3 aromatic rings. The zero-order chi connectivity index (χ0) is 19.0. The van der Waals surface area contributed by atoms with Crippen LogP contribution >= 0.6 is 0 Å². The van der Waals surface area contributed by atoms with Gasteiger partial charge in [0.1, 0.15) is 0 Å². The van der Waals surface area contributed by atoms with E-state index >= 15 is 0 Å². The largest absolute Gasteiger partial charge is 0.341 e. The number of para-hydroxylation sites is 1. The number of carbonyl (C=O) groups is 1. The number of fused-ring (bicyclic) bond motifs is 3. The van der Waals surface area contributed by atoms with E-state index < -0.39 is 0 Å². The van der Waals surface area contributed by atoms with Crippen molar-refractivity contribution >= 4 is 33.5 Å². The number of nitrogens with one attached hydrogen (secondary N) is 1. The maximum absolute atomic E-state index is 12.8. The SMILES string of the molecule is CCn1c2ccccc2c2cc(NC(=O)N(C)C3CCN(C)CC3)ccc21. The van der Waals surface area contributed by atoms with Crippen LogP contribution in [0.15, 0.2) is 42.5 Å². The Morgan fingerprint density at radius 1 is 1.11 bits per heavy atom. The number of anilines is 1. The first-order chi connectivity index (χ1) is 13.1. The number of rotatable bonds is 3. The molecule has 4 rings (SSSR count). The third-order valence-corrected chi connectivity index (χ3v) is 5.90. The topological polar surface area (TPSA) is 40.5 Å². The first kappa shape index (κ1) is 17.9. The normalized spacial score (nSPS) is 16.1. The number of carbonyl (C=O) groups excluding carboxylic acids is 1. The number of aryl methyl sites for hydroxylation is 1. The fourth-order valence-corrected chi connectivity index (χ4v) is 4.23. The van der Waals surface area contributed by atoms with E-state index in [9.17, 15) is 4.79 Å². The summed E-state index contributed by atoms with van der Waals surface area (Å²) in [5.74, 6) is 0. The van der Waals surface area contributed by atoms with Crippen molar-refractivity contribution < 1.29 is 4.79 Å². The molecule has 1 aromatic heterocycles. The maximum atomic E-state index is 12.8. The van der Waals surface area contributed by atoms with E-state index in [1.165, 1.54) is 21.8 Å². The molecule has 0 aliphatic carbocycles. The van der Waals surface area contributed by atoms with Crippen molar-refractivity contribution in [2.75, 3.05) is 32.5 Å². The quantitative estimate of drug-likeness (QED) is 0.750. The second kappa shape index (κ2) is 7.24. The summed E-state index contributed by atoms with van der Waals surface area (Å²) >= 11 is 0. The summed E-state index contributed by atoms with van der Waals surface area (Å²) in [6.07, 6.45) is 2.06. The highest BCUT2D eigenvalue weighted by Gasteiger charge is 2.24. The molecule has 1 aliphatic heterocycles. The number of aromatic nitrogens is 1. The summed E-state index contributed by atoms with van der Waals surface area (Å²) in [7, 11) is 4.05. The van der Waals surface area contributed by atoms with Crippen molar-refractivity contribution in [1.82, 2.24) is 14.4 Å². The van der Waals surface area contributed by atoms with Crippen LogP contribution < -0.4 is 5.32 Å². The molecule has 1 aliphatic rings. The summed E-state index contributed by atoms with van der Waals surface area (Å²) in [4.78, 5) is 16.9. The molecular weight excluding hydrogens is 336 g/mol. The summed E-state index contributed by atoms with van der Waals surface area (Å²) in [6.45, 7) is 5.18. The second-order valence-electron chi connectivity index (χ2n) is 7.57. The molecule has 2 aromatic carbocycles. The molecule has 0 bridgehead atoms. The summed E-state index contributed by atoms with van der Waals surface area (Å²) < 4.78 is 2.32. The van der Waals surface area contributed by atoms with E-state index in [1.54, 1.807) is 0 Å². The molecule has 2 amide bonds. The Bertz CT molecular complexity index is 969. The van der Waals surface area contributed by atoms with Crippen LogP contribution in [-0.4, -0.2) is 53.6 Å². The van der Waals surface area contributed by atoms with Gasteiger partial charge in [-0.05, 0) is 64.2 Å². The minimum atomic E-state index is -0.0249. The molecule has 2 heterocycles. The molecule has 1 fully saturated rings. The number of hydrogen-bond acceptors (Lipinski definition) is 2. The van der Waals surface area contributed by atoms with Crippen LogP contribution in [-0.2, 0) is 6.54 Å². The van der Waals surface area contributed by atoms with Gasteiger partial charge >= 0.3 is 6.03 Å². The number of amides is 2. The van der Waals surface area contributed by atoms with Crippen LogP contribution in [0.1, 0.15) is 19.8 Å². The molecule has 1 saturated heterocycles. The molecule has 1 N–H and O–H groups in total. The summed E-state index contributed by atoms with van der Waals surface area (Å²) in [5.41, 5.74) is 3.30. The Morgan fingerprint density at radius 2 is 1.81 bits per heavy atom. The van der Waals surface area contributed by atoms with Gasteiger partial charge in [0.15, 0.2) is 0 Å². The van der Waals surface area contributed by atoms with E-state index in [2.05, 4.69) is 65.2 Å². The van der Waals surface area contributed by atoms with Crippen LogP contribution in [0.25, 0.3) is 21.8 Å². The smallest absolute Gasteiger partial charge is 0.321 e. The molecule has 0 saturated carbocycles. The van der Waals surface area contributed by atoms with Gasteiger partial charge in [-0.15, -0.1) is 0 Å². The number of likely N-dealkylation sites (tertiary alicyclic amines) is 1.